The molecule has 0 saturated heterocycles. The molecule has 0 unspecified atom stereocenters. The maximum absolute atomic E-state index is 11.1. The van der Waals surface area contributed by atoms with E-state index < -0.39 is 0 Å². The number of unbranched alkanes of at least 4 members (excludes halogenated alkanes) is 56. The third kappa shape index (κ3) is 59.5. The van der Waals surface area contributed by atoms with Crippen molar-refractivity contribution in [1.29, 1.82) is 0 Å². The van der Waals surface area contributed by atoms with Crippen molar-refractivity contribution in [3.8, 4) is 0 Å². The van der Waals surface area contributed by atoms with Gasteiger partial charge in [-0.3, -0.25) is 4.79 Å². The topological polar surface area (TPSA) is 26.3 Å². The van der Waals surface area contributed by atoms with Crippen LogP contribution in [0.25, 0.3) is 0 Å². The Kier molecular flexibility index (Phi) is 59.0. The first kappa shape index (κ1) is 62.5. The lowest BCUT2D eigenvalue weighted by Crippen LogP contribution is -1.99. The number of carbonyl (C=O) groups excluding carboxylic acids is 1. The maximum atomic E-state index is 11.1. The molecule has 0 radical (unpaired) electrons. The summed E-state index contributed by atoms with van der Waals surface area (Å²) in [5, 5.41) is 0. The zero-order valence-electron chi connectivity index (χ0n) is 44.3. The third-order valence-electron chi connectivity index (χ3n) is 14.7. The fourth-order valence-corrected chi connectivity index (χ4v) is 10.2. The number of hydrogen-bond acceptors (Lipinski definition) is 2. The molecule has 0 N–H and O–H groups in total. The number of carbonyl (C=O) groups is 1. The fraction of sp³-hybridized carbons (Fsp3) is 0.984. The van der Waals surface area contributed by atoms with Crippen molar-refractivity contribution < 1.29 is 9.53 Å². The van der Waals surface area contributed by atoms with Gasteiger partial charge in [0.25, 0.3) is 0 Å². The molecular formula is C61H122O2. The van der Waals surface area contributed by atoms with Crippen LogP contribution in [0.3, 0.4) is 0 Å². The molecular weight excluding hydrogens is 765 g/mol. The summed E-state index contributed by atoms with van der Waals surface area (Å²) < 4.78 is 4.70. The van der Waals surface area contributed by atoms with Gasteiger partial charge in [0.1, 0.15) is 0 Å². The lowest BCUT2D eigenvalue weighted by atomic mass is 10.0. The molecule has 63 heavy (non-hydrogen) atoms. The first-order chi connectivity index (χ1) is 31.3. The lowest BCUT2D eigenvalue weighted by Gasteiger charge is -2.05. The summed E-state index contributed by atoms with van der Waals surface area (Å²) in [6.45, 7) is 2.31. The average molecular weight is 888 g/mol. The van der Waals surface area contributed by atoms with Crippen molar-refractivity contribution in [2.45, 2.75) is 379 Å². The minimum absolute atomic E-state index is 0.0574. The van der Waals surface area contributed by atoms with Gasteiger partial charge in [-0.05, 0) is 6.42 Å². The number of rotatable bonds is 58. The summed E-state index contributed by atoms with van der Waals surface area (Å²) in [7, 11) is 1.48. The second-order valence-electron chi connectivity index (χ2n) is 21.1. The van der Waals surface area contributed by atoms with E-state index >= 15 is 0 Å². The van der Waals surface area contributed by atoms with E-state index in [0.717, 1.165) is 6.42 Å². The molecule has 0 aliphatic carbocycles. The van der Waals surface area contributed by atoms with E-state index in [0.29, 0.717) is 6.42 Å². The van der Waals surface area contributed by atoms with E-state index in [-0.39, 0.29) is 5.97 Å². The third-order valence-corrected chi connectivity index (χ3v) is 14.7. The molecule has 0 saturated carbocycles. The van der Waals surface area contributed by atoms with E-state index in [1.54, 1.807) is 0 Å². The Balaban J connectivity index is 3.07. The molecule has 0 aliphatic rings. The number of esters is 1. The second kappa shape index (κ2) is 59.5. The van der Waals surface area contributed by atoms with Gasteiger partial charge in [0.15, 0.2) is 0 Å². The summed E-state index contributed by atoms with van der Waals surface area (Å²) in [5.74, 6) is -0.0574. The summed E-state index contributed by atoms with van der Waals surface area (Å²) in [6, 6.07) is 0. The molecule has 0 aromatic rings. The highest BCUT2D eigenvalue weighted by Gasteiger charge is 2.01. The molecule has 0 heterocycles. The molecule has 0 aliphatic heterocycles. The standard InChI is InChI=1S/C61H122O2/c1-3-4-5-6-7-8-9-10-11-12-13-14-15-16-17-18-19-20-21-22-23-24-25-26-27-28-29-30-31-32-33-34-35-36-37-38-39-40-41-42-43-44-45-46-47-48-49-50-51-52-53-54-55-56-57-58-59-60-61(62)63-2/h3-60H2,1-2H3. The van der Waals surface area contributed by atoms with Crippen molar-refractivity contribution in [3.05, 3.63) is 0 Å². The summed E-state index contributed by atoms with van der Waals surface area (Å²) >= 11 is 0. The average Bonchev–Trinajstić information content (AvgIpc) is 3.30. The van der Waals surface area contributed by atoms with E-state index in [1.165, 1.54) is 367 Å². The highest BCUT2D eigenvalue weighted by atomic mass is 16.5. The smallest absolute Gasteiger partial charge is 0.305 e. The van der Waals surface area contributed by atoms with Crippen LogP contribution in [0.15, 0.2) is 0 Å². The minimum atomic E-state index is -0.0574. The monoisotopic (exact) mass is 887 g/mol. The van der Waals surface area contributed by atoms with Gasteiger partial charge in [-0.25, -0.2) is 0 Å². The Bertz CT molecular complexity index is 792. The largest absolute Gasteiger partial charge is 0.469 e. The molecule has 2 nitrogen and oxygen atoms in total. The summed E-state index contributed by atoms with van der Waals surface area (Å²) in [6.07, 6.45) is 83.6. The van der Waals surface area contributed by atoms with Gasteiger partial charge in [-0.1, -0.05) is 366 Å². The first-order valence-electron chi connectivity index (χ1n) is 30.4. The van der Waals surface area contributed by atoms with Gasteiger partial charge in [0, 0.05) is 6.42 Å². The van der Waals surface area contributed by atoms with Gasteiger partial charge in [-0.15, -0.1) is 0 Å². The van der Waals surface area contributed by atoms with Crippen LogP contribution in [-0.4, -0.2) is 13.1 Å². The van der Waals surface area contributed by atoms with Gasteiger partial charge >= 0.3 is 5.97 Å². The second-order valence-corrected chi connectivity index (χ2v) is 21.1. The van der Waals surface area contributed by atoms with Crippen LogP contribution in [0.1, 0.15) is 379 Å². The fourth-order valence-electron chi connectivity index (χ4n) is 10.2. The van der Waals surface area contributed by atoms with Gasteiger partial charge in [0.05, 0.1) is 7.11 Å². The molecule has 0 spiro atoms. The Hall–Kier alpha value is -0.530. The maximum Gasteiger partial charge on any atom is 0.305 e. The van der Waals surface area contributed by atoms with E-state index in [9.17, 15) is 4.79 Å². The SMILES string of the molecule is CCCCCCCCCCCCCCCCCCCCCCCCCCCCCCCCCCCCCCCCCCCCCCCCCCCCCCCCCCCC(=O)OC. The Morgan fingerprint density at radius 2 is 0.317 bits per heavy atom. The van der Waals surface area contributed by atoms with E-state index in [2.05, 4.69) is 6.92 Å². The molecule has 0 rings (SSSR count). The van der Waals surface area contributed by atoms with Crippen molar-refractivity contribution >= 4 is 5.97 Å². The first-order valence-corrected chi connectivity index (χ1v) is 30.4. The van der Waals surface area contributed by atoms with Crippen LogP contribution in [0.4, 0.5) is 0 Å². The van der Waals surface area contributed by atoms with Crippen LogP contribution in [0.2, 0.25) is 0 Å². The summed E-state index contributed by atoms with van der Waals surface area (Å²) in [4.78, 5) is 11.1. The van der Waals surface area contributed by atoms with Crippen molar-refractivity contribution in [2.75, 3.05) is 7.11 Å². The number of hydrogen-bond donors (Lipinski definition) is 0. The zero-order valence-corrected chi connectivity index (χ0v) is 44.3. The molecule has 0 aromatic carbocycles. The molecule has 0 amide bonds. The number of methoxy groups -OCH3 is 1. The van der Waals surface area contributed by atoms with Crippen molar-refractivity contribution in [2.24, 2.45) is 0 Å². The van der Waals surface area contributed by atoms with Crippen molar-refractivity contribution in [1.82, 2.24) is 0 Å². The van der Waals surface area contributed by atoms with Crippen LogP contribution in [-0.2, 0) is 9.53 Å². The zero-order chi connectivity index (χ0) is 45.3. The summed E-state index contributed by atoms with van der Waals surface area (Å²) in [5.41, 5.74) is 0. The number of ether oxygens (including phenoxy) is 1. The predicted molar refractivity (Wildman–Crippen MR) is 285 cm³/mol. The lowest BCUT2D eigenvalue weighted by molar-refractivity contribution is -0.140. The van der Waals surface area contributed by atoms with Crippen LogP contribution < -0.4 is 0 Å². The molecule has 2 heteroatoms. The van der Waals surface area contributed by atoms with Crippen molar-refractivity contribution in [3.63, 3.8) is 0 Å². The van der Waals surface area contributed by atoms with Gasteiger partial charge in [0.2, 0.25) is 0 Å². The molecule has 0 atom stereocenters. The highest BCUT2D eigenvalue weighted by molar-refractivity contribution is 5.68. The Morgan fingerprint density at radius 3 is 0.429 bits per heavy atom. The Morgan fingerprint density at radius 1 is 0.206 bits per heavy atom. The molecule has 0 aromatic heterocycles. The Labute approximate surface area is 400 Å². The molecule has 0 fully saturated rings. The minimum Gasteiger partial charge on any atom is -0.469 e. The molecule has 378 valence electrons. The van der Waals surface area contributed by atoms with Crippen LogP contribution >= 0.6 is 0 Å². The van der Waals surface area contributed by atoms with Gasteiger partial charge in [-0.2, -0.15) is 0 Å². The van der Waals surface area contributed by atoms with Crippen LogP contribution in [0.5, 0.6) is 0 Å². The highest BCUT2D eigenvalue weighted by Crippen LogP contribution is 2.19. The molecule has 0 bridgehead atoms. The van der Waals surface area contributed by atoms with Gasteiger partial charge < -0.3 is 4.74 Å². The quantitative estimate of drug-likeness (QED) is 0.0449. The predicted octanol–water partition coefficient (Wildman–Crippen LogP) is 22.8. The van der Waals surface area contributed by atoms with E-state index in [1.807, 2.05) is 0 Å². The normalized spacial score (nSPS) is 11.6. The van der Waals surface area contributed by atoms with E-state index in [4.69, 9.17) is 4.74 Å². The van der Waals surface area contributed by atoms with Crippen LogP contribution in [0, 0.1) is 0 Å².